The number of rotatable bonds is 6. The Kier molecular flexibility index (Phi) is 5.61. The van der Waals surface area contributed by atoms with E-state index in [2.05, 4.69) is 0 Å². The number of hydrogen-bond donors (Lipinski definition) is 4. The minimum Gasteiger partial charge on any atom is -0.480 e. The van der Waals surface area contributed by atoms with Crippen molar-refractivity contribution in [2.45, 2.75) is 13.0 Å². The van der Waals surface area contributed by atoms with Crippen molar-refractivity contribution in [2.75, 3.05) is 13.1 Å². The molecule has 6 N–H and O–H groups in total. The Morgan fingerprint density at radius 1 is 1.24 bits per heavy atom. The second-order valence-electron chi connectivity index (χ2n) is 3.29. The van der Waals surface area contributed by atoms with Crippen LogP contribution < -0.4 is 16.8 Å². The molecule has 0 heterocycles. The number of carbonyl (C=O) groups is 4. The van der Waals surface area contributed by atoms with Crippen molar-refractivity contribution in [3.05, 3.63) is 0 Å². The van der Waals surface area contributed by atoms with Crippen LogP contribution in [0.25, 0.3) is 0 Å². The number of urea groups is 1. The summed E-state index contributed by atoms with van der Waals surface area (Å²) in [5.41, 5.74) is 9.65. The van der Waals surface area contributed by atoms with Gasteiger partial charge in [0, 0.05) is 0 Å². The summed E-state index contributed by atoms with van der Waals surface area (Å²) in [6.45, 7) is 0.347. The monoisotopic (exact) mass is 246 g/mol. The van der Waals surface area contributed by atoms with Gasteiger partial charge in [0.2, 0.25) is 11.8 Å². The Bertz CT molecular complexity index is 327. The molecule has 9 nitrogen and oxygen atoms in total. The highest BCUT2D eigenvalue weighted by molar-refractivity contribution is 5.96. The molecule has 1 unspecified atom stereocenters. The van der Waals surface area contributed by atoms with Crippen LogP contribution in [0.5, 0.6) is 0 Å². The van der Waals surface area contributed by atoms with E-state index >= 15 is 0 Å². The molecule has 0 aliphatic heterocycles. The Morgan fingerprint density at radius 2 is 1.76 bits per heavy atom. The van der Waals surface area contributed by atoms with Gasteiger partial charge in [0.15, 0.2) is 0 Å². The Balaban J connectivity index is 4.66. The van der Waals surface area contributed by atoms with Crippen LogP contribution in [0.2, 0.25) is 0 Å². The van der Waals surface area contributed by atoms with Gasteiger partial charge in [-0.3, -0.25) is 24.6 Å². The van der Waals surface area contributed by atoms with Crippen molar-refractivity contribution in [3.63, 3.8) is 0 Å². The van der Waals surface area contributed by atoms with Crippen molar-refractivity contribution in [1.29, 1.82) is 0 Å². The minimum atomic E-state index is -1.23. The van der Waals surface area contributed by atoms with Gasteiger partial charge in [0.1, 0.15) is 0 Å². The topological polar surface area (TPSA) is 156 Å². The fourth-order valence-electron chi connectivity index (χ4n) is 1.10. The molecule has 0 rings (SSSR count). The zero-order valence-corrected chi connectivity index (χ0v) is 9.17. The molecular weight excluding hydrogens is 232 g/mol. The first-order chi connectivity index (χ1) is 7.73. The van der Waals surface area contributed by atoms with Crippen LogP contribution in [0.4, 0.5) is 4.79 Å². The van der Waals surface area contributed by atoms with Gasteiger partial charge < -0.3 is 16.6 Å². The highest BCUT2D eigenvalue weighted by atomic mass is 16.4. The van der Waals surface area contributed by atoms with Crippen molar-refractivity contribution < 1.29 is 24.3 Å². The quantitative estimate of drug-likeness (QED) is 0.404. The van der Waals surface area contributed by atoms with E-state index in [1.54, 1.807) is 5.32 Å². The maximum Gasteiger partial charge on any atom is 0.318 e. The van der Waals surface area contributed by atoms with E-state index in [1.807, 2.05) is 0 Å². The Hall–Kier alpha value is -2.16. The lowest BCUT2D eigenvalue weighted by Gasteiger charge is -2.24. The molecule has 0 bridgehead atoms. The lowest BCUT2D eigenvalue weighted by molar-refractivity contribution is -0.140. The van der Waals surface area contributed by atoms with Gasteiger partial charge in [0.05, 0.1) is 19.1 Å². The van der Waals surface area contributed by atoms with Crippen molar-refractivity contribution in [1.82, 2.24) is 10.2 Å². The molecule has 0 aromatic heterocycles. The zero-order chi connectivity index (χ0) is 13.6. The SMILES string of the molecule is CC(C(=O)NC(N)=O)N(CC(N)=O)CC(=O)O. The number of nitrogens with one attached hydrogen (secondary N) is 1. The predicted octanol–water partition coefficient (Wildman–Crippen LogP) is -2.56. The number of nitrogens with zero attached hydrogens (tertiary/aromatic N) is 1. The third-order valence-electron chi connectivity index (χ3n) is 1.87. The number of carboxylic acids is 1. The second kappa shape index (κ2) is 6.43. The molecule has 9 heteroatoms. The van der Waals surface area contributed by atoms with Crippen molar-refractivity contribution in [3.8, 4) is 0 Å². The van der Waals surface area contributed by atoms with E-state index in [9.17, 15) is 19.2 Å². The minimum absolute atomic E-state index is 0.417. The lowest BCUT2D eigenvalue weighted by atomic mass is 10.2. The van der Waals surface area contributed by atoms with Gasteiger partial charge in [-0.25, -0.2) is 4.79 Å². The number of carboxylic acid groups (broad SMARTS) is 1. The molecule has 0 aromatic rings. The van der Waals surface area contributed by atoms with E-state index in [-0.39, 0.29) is 0 Å². The van der Waals surface area contributed by atoms with Crippen LogP contribution >= 0.6 is 0 Å². The smallest absolute Gasteiger partial charge is 0.318 e. The fraction of sp³-hybridized carbons (Fsp3) is 0.500. The molecule has 0 saturated carbocycles. The molecule has 0 aliphatic carbocycles. The lowest BCUT2D eigenvalue weighted by Crippen LogP contribution is -2.51. The Labute approximate surface area is 96.7 Å². The summed E-state index contributed by atoms with van der Waals surface area (Å²) in [6, 6.07) is -2.08. The van der Waals surface area contributed by atoms with Gasteiger partial charge in [-0.2, -0.15) is 0 Å². The number of amides is 4. The number of aliphatic carboxylic acids is 1. The van der Waals surface area contributed by atoms with E-state index < -0.39 is 42.9 Å². The number of imide groups is 1. The van der Waals surface area contributed by atoms with Crippen LogP contribution in [0.15, 0.2) is 0 Å². The molecule has 0 saturated heterocycles. The summed E-state index contributed by atoms with van der Waals surface area (Å²) in [5, 5.41) is 10.4. The molecule has 96 valence electrons. The first-order valence-electron chi connectivity index (χ1n) is 4.58. The van der Waals surface area contributed by atoms with Gasteiger partial charge in [0.25, 0.3) is 0 Å². The number of carbonyl (C=O) groups excluding carboxylic acids is 3. The molecule has 0 radical (unpaired) electrons. The van der Waals surface area contributed by atoms with E-state index in [1.165, 1.54) is 6.92 Å². The van der Waals surface area contributed by atoms with E-state index in [0.29, 0.717) is 0 Å². The number of nitrogens with two attached hydrogens (primary N) is 2. The van der Waals surface area contributed by atoms with E-state index in [4.69, 9.17) is 16.6 Å². The standard InChI is InChI=1S/C8H14N4O5/c1-4(7(16)11-8(10)17)12(2-5(9)13)3-6(14)15/h4H,2-3H2,1H3,(H2,9,13)(H,14,15)(H3,10,11,16,17). The van der Waals surface area contributed by atoms with Crippen LogP contribution in [0, 0.1) is 0 Å². The van der Waals surface area contributed by atoms with Crippen LogP contribution in [0.1, 0.15) is 6.92 Å². The highest BCUT2D eigenvalue weighted by Crippen LogP contribution is 1.98. The van der Waals surface area contributed by atoms with Crippen LogP contribution in [-0.4, -0.2) is 53.0 Å². The maximum atomic E-state index is 11.4. The number of primary amides is 2. The third kappa shape index (κ3) is 6.10. The van der Waals surface area contributed by atoms with Crippen molar-refractivity contribution >= 4 is 23.8 Å². The van der Waals surface area contributed by atoms with Gasteiger partial charge >= 0.3 is 12.0 Å². The highest BCUT2D eigenvalue weighted by Gasteiger charge is 2.25. The molecule has 0 aliphatic rings. The molecule has 17 heavy (non-hydrogen) atoms. The summed E-state index contributed by atoms with van der Waals surface area (Å²) in [4.78, 5) is 44.0. The first kappa shape index (κ1) is 14.8. The maximum absolute atomic E-state index is 11.4. The summed E-state index contributed by atoms with van der Waals surface area (Å²) < 4.78 is 0. The Morgan fingerprint density at radius 3 is 2.12 bits per heavy atom. The molecule has 0 aromatic carbocycles. The average molecular weight is 246 g/mol. The second-order valence-corrected chi connectivity index (χ2v) is 3.29. The molecule has 0 fully saturated rings. The largest absolute Gasteiger partial charge is 0.480 e. The van der Waals surface area contributed by atoms with Crippen LogP contribution in [0.3, 0.4) is 0 Å². The summed E-state index contributed by atoms with van der Waals surface area (Å²) in [6.07, 6.45) is 0. The van der Waals surface area contributed by atoms with Gasteiger partial charge in [-0.05, 0) is 6.92 Å². The van der Waals surface area contributed by atoms with Crippen LogP contribution in [-0.2, 0) is 14.4 Å². The fourth-order valence-corrected chi connectivity index (χ4v) is 1.10. The normalized spacial score (nSPS) is 11.9. The summed E-state index contributed by atoms with van der Waals surface area (Å²) in [5.74, 6) is -2.82. The predicted molar refractivity (Wildman–Crippen MR) is 55.6 cm³/mol. The van der Waals surface area contributed by atoms with Crippen molar-refractivity contribution in [2.24, 2.45) is 11.5 Å². The molecule has 4 amide bonds. The molecular formula is C8H14N4O5. The molecule has 1 atom stereocenters. The van der Waals surface area contributed by atoms with E-state index in [0.717, 1.165) is 4.90 Å². The summed E-state index contributed by atoms with van der Waals surface area (Å²) >= 11 is 0. The third-order valence-corrected chi connectivity index (χ3v) is 1.87. The average Bonchev–Trinajstić information content (AvgIpc) is 2.12. The van der Waals surface area contributed by atoms with Gasteiger partial charge in [-0.15, -0.1) is 0 Å². The van der Waals surface area contributed by atoms with Gasteiger partial charge in [-0.1, -0.05) is 0 Å². The number of hydrogen-bond acceptors (Lipinski definition) is 5. The molecule has 0 spiro atoms. The first-order valence-corrected chi connectivity index (χ1v) is 4.58. The zero-order valence-electron chi connectivity index (χ0n) is 9.17. The summed E-state index contributed by atoms with van der Waals surface area (Å²) in [7, 11) is 0.